The maximum atomic E-state index is 12.8. The average molecular weight is 641 g/mol. The van der Waals surface area contributed by atoms with Crippen LogP contribution in [0.4, 0.5) is 0 Å². The van der Waals surface area contributed by atoms with E-state index >= 15 is 0 Å². The molecule has 0 radical (unpaired) electrons. The molecule has 0 unspecified atom stereocenters. The van der Waals surface area contributed by atoms with Crippen molar-refractivity contribution < 1.29 is 19.2 Å². The smallest absolute Gasteiger partial charge is 0.267 e. The van der Waals surface area contributed by atoms with E-state index in [9.17, 15) is 9.59 Å². The maximum Gasteiger partial charge on any atom is 0.373 e. The quantitative estimate of drug-likeness (QED) is 0.222. The van der Waals surface area contributed by atoms with Gasteiger partial charge in [0, 0.05) is 32.7 Å². The van der Waals surface area contributed by atoms with Crippen LogP contribution in [0.1, 0.15) is 47.5 Å². The molecule has 240 valence electrons. The highest BCUT2D eigenvalue weighted by Gasteiger charge is 2.19. The van der Waals surface area contributed by atoms with E-state index in [1.807, 2.05) is 38.1 Å². The standard InChI is InChI=1S/2C18H16N2O.2CO2/c1-4-12-11(3)19-20-17(12)14-9-8-10(2)13-6-5-7-15(16(13)14)18(20)21;1-4-12-11(3)19-20-17(12)14-7-5-6-13-10(2)8-9-15(16(13)14)18(20)21;2*2-1-3/h2*5-9H,4H2,1-3H3;;. The van der Waals surface area contributed by atoms with Crippen LogP contribution in [0.25, 0.3) is 54.1 Å². The number of carbonyl (C=O) groups excluding carboxylic acids is 4. The van der Waals surface area contributed by atoms with Crippen LogP contribution in [0, 0.1) is 27.7 Å². The molecule has 4 aromatic heterocycles. The Balaban J connectivity index is 0.000000162. The lowest BCUT2D eigenvalue weighted by Crippen LogP contribution is -2.14. The predicted octanol–water partition coefficient (Wildman–Crippen LogP) is 6.07. The zero-order valence-corrected chi connectivity index (χ0v) is 27.4. The molecule has 0 aliphatic rings. The topological polar surface area (TPSA) is 137 Å². The van der Waals surface area contributed by atoms with Crippen LogP contribution in [0.3, 0.4) is 0 Å². The van der Waals surface area contributed by atoms with Crippen molar-refractivity contribution in [2.45, 2.75) is 54.4 Å². The molecular weight excluding hydrogens is 608 g/mol. The molecule has 48 heavy (non-hydrogen) atoms. The molecule has 0 N–H and O–H groups in total. The lowest BCUT2D eigenvalue weighted by atomic mass is 9.96. The zero-order chi connectivity index (χ0) is 34.9. The van der Waals surface area contributed by atoms with Gasteiger partial charge < -0.3 is 0 Å². The highest BCUT2D eigenvalue weighted by Crippen LogP contribution is 2.33. The summed E-state index contributed by atoms with van der Waals surface area (Å²) in [7, 11) is 0. The van der Waals surface area contributed by atoms with Gasteiger partial charge in [0.05, 0.1) is 33.2 Å². The Morgan fingerprint density at radius 1 is 0.521 bits per heavy atom. The Labute approximate surface area is 273 Å². The van der Waals surface area contributed by atoms with Crippen molar-refractivity contribution in [2.75, 3.05) is 0 Å². The van der Waals surface area contributed by atoms with Gasteiger partial charge in [-0.1, -0.05) is 62.4 Å². The molecule has 0 bridgehead atoms. The number of pyridine rings is 2. The fourth-order valence-corrected chi connectivity index (χ4v) is 6.90. The summed E-state index contributed by atoms with van der Waals surface area (Å²) in [5.74, 6) is 0. The van der Waals surface area contributed by atoms with Gasteiger partial charge in [-0.15, -0.1) is 0 Å². The van der Waals surface area contributed by atoms with E-state index in [4.69, 9.17) is 19.2 Å². The summed E-state index contributed by atoms with van der Waals surface area (Å²) >= 11 is 0. The first kappa shape index (κ1) is 33.3. The van der Waals surface area contributed by atoms with Gasteiger partial charge in [-0.3, -0.25) is 9.59 Å². The third-order valence-electron chi connectivity index (χ3n) is 8.95. The van der Waals surface area contributed by atoms with Crippen LogP contribution in [0.2, 0.25) is 0 Å². The lowest BCUT2D eigenvalue weighted by Gasteiger charge is -2.09. The Kier molecular flexibility index (Phi) is 9.25. The summed E-state index contributed by atoms with van der Waals surface area (Å²) in [5, 5.41) is 17.2. The minimum Gasteiger partial charge on any atom is -0.267 e. The molecule has 0 aliphatic carbocycles. The Morgan fingerprint density at radius 3 is 1.27 bits per heavy atom. The number of nitrogens with zero attached hydrogens (tertiary/aromatic N) is 4. The van der Waals surface area contributed by atoms with Crippen molar-refractivity contribution in [3.05, 3.63) is 115 Å². The first-order valence-electron chi connectivity index (χ1n) is 15.4. The molecule has 0 spiro atoms. The monoisotopic (exact) mass is 640 g/mol. The second-order valence-corrected chi connectivity index (χ2v) is 11.4. The SMILES string of the molecule is CCc1c(C)nn2c(=O)c3ccc(C)c4cccc(c43)c12.CCc1c(C)nn2c(=O)c3cccc4c(C)ccc(c43)c12.O=C=O.O=C=O. The molecule has 0 saturated carbocycles. The van der Waals surface area contributed by atoms with E-state index in [1.165, 1.54) is 22.3 Å². The molecule has 4 aromatic carbocycles. The summed E-state index contributed by atoms with van der Waals surface area (Å²) < 4.78 is 3.17. The summed E-state index contributed by atoms with van der Waals surface area (Å²) in [4.78, 5) is 58.1. The van der Waals surface area contributed by atoms with Gasteiger partial charge in [0.2, 0.25) is 0 Å². The second-order valence-electron chi connectivity index (χ2n) is 11.4. The van der Waals surface area contributed by atoms with Gasteiger partial charge in [0.15, 0.2) is 0 Å². The molecule has 10 nitrogen and oxygen atoms in total. The number of aromatic nitrogens is 4. The largest absolute Gasteiger partial charge is 0.373 e. The zero-order valence-electron chi connectivity index (χ0n) is 27.4. The summed E-state index contributed by atoms with van der Waals surface area (Å²) in [6.45, 7) is 12.4. The molecule has 0 aliphatic heterocycles. The predicted molar refractivity (Wildman–Crippen MR) is 183 cm³/mol. The normalized spacial score (nSPS) is 10.8. The van der Waals surface area contributed by atoms with Crippen molar-refractivity contribution in [3.8, 4) is 0 Å². The fraction of sp³-hybridized carbons (Fsp3) is 0.211. The molecule has 10 heteroatoms. The van der Waals surface area contributed by atoms with Crippen LogP contribution < -0.4 is 11.1 Å². The number of rotatable bonds is 2. The second kappa shape index (κ2) is 13.3. The third kappa shape index (κ3) is 5.19. The molecule has 0 fully saturated rings. The van der Waals surface area contributed by atoms with Gasteiger partial charge in [-0.05, 0) is 74.6 Å². The van der Waals surface area contributed by atoms with E-state index in [-0.39, 0.29) is 23.4 Å². The van der Waals surface area contributed by atoms with Crippen molar-refractivity contribution in [3.63, 3.8) is 0 Å². The number of hydrogen-bond acceptors (Lipinski definition) is 8. The number of aryl methyl sites for hydroxylation is 6. The molecule has 8 aromatic rings. The molecular formula is C38H32N4O6. The molecule has 0 amide bonds. The third-order valence-corrected chi connectivity index (χ3v) is 8.95. The fourth-order valence-electron chi connectivity index (χ4n) is 6.90. The molecule has 8 rings (SSSR count). The number of benzene rings is 4. The van der Waals surface area contributed by atoms with Gasteiger partial charge in [0.1, 0.15) is 0 Å². The van der Waals surface area contributed by atoms with Gasteiger partial charge in [-0.2, -0.15) is 38.4 Å². The van der Waals surface area contributed by atoms with Crippen LogP contribution in [0.5, 0.6) is 0 Å². The first-order chi connectivity index (χ1) is 23.1. The van der Waals surface area contributed by atoms with E-state index in [1.54, 1.807) is 9.03 Å². The Morgan fingerprint density at radius 2 is 0.854 bits per heavy atom. The van der Waals surface area contributed by atoms with E-state index in [2.05, 4.69) is 74.3 Å². The highest BCUT2D eigenvalue weighted by molar-refractivity contribution is 6.17. The molecule has 4 heterocycles. The Bertz CT molecular complexity index is 2540. The summed E-state index contributed by atoms with van der Waals surface area (Å²) in [5.41, 5.74) is 8.55. The van der Waals surface area contributed by atoms with Crippen molar-refractivity contribution in [1.82, 2.24) is 19.2 Å². The van der Waals surface area contributed by atoms with E-state index in [0.717, 1.165) is 78.4 Å². The van der Waals surface area contributed by atoms with Crippen LogP contribution >= 0.6 is 0 Å². The minimum absolute atomic E-state index is 0.0171. The average Bonchev–Trinajstić information content (AvgIpc) is 3.61. The van der Waals surface area contributed by atoms with Gasteiger partial charge in [0.25, 0.3) is 11.1 Å². The van der Waals surface area contributed by atoms with Gasteiger partial charge in [-0.25, -0.2) is 0 Å². The van der Waals surface area contributed by atoms with E-state index in [0.29, 0.717) is 0 Å². The summed E-state index contributed by atoms with van der Waals surface area (Å²) in [6, 6.07) is 20.4. The van der Waals surface area contributed by atoms with Crippen molar-refractivity contribution in [2.24, 2.45) is 0 Å². The van der Waals surface area contributed by atoms with Crippen molar-refractivity contribution >= 4 is 66.4 Å². The molecule has 0 atom stereocenters. The summed E-state index contributed by atoms with van der Waals surface area (Å²) in [6.07, 6.45) is 2.26. The lowest BCUT2D eigenvalue weighted by molar-refractivity contribution is -0.193. The van der Waals surface area contributed by atoms with Crippen LogP contribution in [-0.4, -0.2) is 31.5 Å². The highest BCUT2D eigenvalue weighted by atomic mass is 16.2. The van der Waals surface area contributed by atoms with Crippen LogP contribution in [-0.2, 0) is 32.0 Å². The Hall–Kier alpha value is -6.08. The molecule has 0 saturated heterocycles. The number of hydrogen-bond donors (Lipinski definition) is 0. The van der Waals surface area contributed by atoms with Crippen LogP contribution in [0.15, 0.2) is 70.3 Å². The number of fused-ring (bicyclic) bond motifs is 4. The first-order valence-corrected chi connectivity index (χ1v) is 15.4. The van der Waals surface area contributed by atoms with Crippen molar-refractivity contribution in [1.29, 1.82) is 0 Å². The minimum atomic E-state index is -0.0171. The maximum absolute atomic E-state index is 12.8. The van der Waals surface area contributed by atoms with Gasteiger partial charge >= 0.3 is 12.3 Å². The van der Waals surface area contributed by atoms with E-state index < -0.39 is 0 Å².